The molecular weight excluding hydrogens is 399 g/mol. The Labute approximate surface area is 172 Å². The fraction of sp³-hybridized carbons (Fsp3) is 0.333. The van der Waals surface area contributed by atoms with Gasteiger partial charge in [0.2, 0.25) is 0 Å². The predicted molar refractivity (Wildman–Crippen MR) is 106 cm³/mol. The van der Waals surface area contributed by atoms with Gasteiger partial charge in [-0.2, -0.15) is 8.78 Å². The Kier molecular flexibility index (Phi) is 6.81. The van der Waals surface area contributed by atoms with Crippen LogP contribution in [0.2, 0.25) is 0 Å². The summed E-state index contributed by atoms with van der Waals surface area (Å²) in [6.07, 6.45) is 0. The third-order valence-corrected chi connectivity index (χ3v) is 4.88. The maximum Gasteiger partial charge on any atom is 0.387 e. The molecule has 1 aliphatic rings. The van der Waals surface area contributed by atoms with Gasteiger partial charge in [-0.25, -0.2) is 9.18 Å². The normalized spacial score (nSPS) is 14.0. The Bertz CT molecular complexity index is 915. The number of amides is 2. The third kappa shape index (κ3) is 5.22. The number of urea groups is 1. The fourth-order valence-corrected chi connectivity index (χ4v) is 3.28. The van der Waals surface area contributed by atoms with Crippen LogP contribution in [0, 0.1) is 5.82 Å². The minimum atomic E-state index is -2.94. The van der Waals surface area contributed by atoms with Gasteiger partial charge in [-0.1, -0.05) is 18.2 Å². The zero-order valence-corrected chi connectivity index (χ0v) is 16.4. The number of hydrogen-bond donors (Lipinski definition) is 1. The van der Waals surface area contributed by atoms with Crippen molar-refractivity contribution in [2.75, 3.05) is 31.1 Å². The molecule has 0 radical (unpaired) electrons. The number of Topliss-reactive ketones (excluding diaryl/α,β-unsaturated/α-hetero) is 1. The Morgan fingerprint density at radius 2 is 1.80 bits per heavy atom. The van der Waals surface area contributed by atoms with Gasteiger partial charge in [-0.15, -0.1) is 0 Å². The Hall–Kier alpha value is -3.23. The minimum Gasteiger partial charge on any atom is -0.434 e. The zero-order valence-electron chi connectivity index (χ0n) is 16.4. The van der Waals surface area contributed by atoms with E-state index in [1.807, 2.05) is 4.90 Å². The van der Waals surface area contributed by atoms with E-state index in [2.05, 4.69) is 10.1 Å². The molecule has 2 aromatic carbocycles. The van der Waals surface area contributed by atoms with Gasteiger partial charge in [-0.3, -0.25) is 4.79 Å². The molecule has 9 heteroatoms. The molecule has 1 N–H and O–H groups in total. The largest absolute Gasteiger partial charge is 0.434 e. The summed E-state index contributed by atoms with van der Waals surface area (Å²) in [5.74, 6) is -0.666. The standard InChI is InChI=1S/C21H22F3N3O3/c1-14(28)15-6-7-18(17(22)12-15)26-8-10-27(11-9-26)21(29)25-13-16-4-2-3-5-19(16)30-20(23)24/h2-7,12,20H,8-11,13H2,1H3,(H,25,29). The molecule has 0 spiro atoms. The number of benzene rings is 2. The summed E-state index contributed by atoms with van der Waals surface area (Å²) in [5.41, 5.74) is 1.14. The third-order valence-electron chi connectivity index (χ3n) is 4.88. The summed E-state index contributed by atoms with van der Waals surface area (Å²) < 4.78 is 43.8. The first-order valence-electron chi connectivity index (χ1n) is 9.46. The molecule has 160 valence electrons. The molecule has 0 saturated carbocycles. The number of rotatable bonds is 6. The number of hydrogen-bond acceptors (Lipinski definition) is 4. The summed E-state index contributed by atoms with van der Waals surface area (Å²) >= 11 is 0. The fourth-order valence-electron chi connectivity index (χ4n) is 3.28. The first kappa shape index (κ1) is 21.5. The molecule has 1 aliphatic heterocycles. The lowest BCUT2D eigenvalue weighted by Crippen LogP contribution is -2.51. The molecule has 2 aromatic rings. The van der Waals surface area contributed by atoms with Gasteiger partial charge in [0, 0.05) is 43.9 Å². The summed E-state index contributed by atoms with van der Waals surface area (Å²) in [6.45, 7) is 0.0697. The van der Waals surface area contributed by atoms with Crippen LogP contribution in [0.1, 0.15) is 22.8 Å². The highest BCUT2D eigenvalue weighted by atomic mass is 19.3. The van der Waals surface area contributed by atoms with Crippen molar-refractivity contribution in [3.05, 3.63) is 59.4 Å². The molecule has 30 heavy (non-hydrogen) atoms. The summed E-state index contributed by atoms with van der Waals surface area (Å²) in [5, 5.41) is 2.70. The lowest BCUT2D eigenvalue weighted by Gasteiger charge is -2.36. The molecule has 0 aliphatic carbocycles. The first-order valence-corrected chi connectivity index (χ1v) is 9.46. The van der Waals surface area contributed by atoms with Crippen LogP contribution in [0.25, 0.3) is 0 Å². The van der Waals surface area contributed by atoms with E-state index in [1.165, 1.54) is 19.1 Å². The SMILES string of the molecule is CC(=O)c1ccc(N2CCN(C(=O)NCc3ccccc3OC(F)F)CC2)c(F)c1. The summed E-state index contributed by atoms with van der Waals surface area (Å²) in [6, 6.07) is 10.3. The van der Waals surface area contributed by atoms with Crippen LogP contribution in [-0.4, -0.2) is 49.5 Å². The molecule has 1 heterocycles. The van der Waals surface area contributed by atoms with E-state index in [4.69, 9.17) is 0 Å². The van der Waals surface area contributed by atoms with Crippen LogP contribution in [0.3, 0.4) is 0 Å². The Morgan fingerprint density at radius 3 is 2.43 bits per heavy atom. The maximum absolute atomic E-state index is 14.3. The maximum atomic E-state index is 14.3. The van der Waals surface area contributed by atoms with Crippen molar-refractivity contribution < 1.29 is 27.5 Å². The number of anilines is 1. The molecule has 0 atom stereocenters. The van der Waals surface area contributed by atoms with Gasteiger partial charge >= 0.3 is 12.6 Å². The van der Waals surface area contributed by atoms with Crippen LogP contribution >= 0.6 is 0 Å². The number of ketones is 1. The minimum absolute atomic E-state index is 0.0158. The van der Waals surface area contributed by atoms with Crippen LogP contribution in [-0.2, 0) is 6.54 Å². The van der Waals surface area contributed by atoms with E-state index in [1.54, 1.807) is 35.2 Å². The highest BCUT2D eigenvalue weighted by molar-refractivity contribution is 5.94. The number of para-hydroxylation sites is 1. The van der Waals surface area contributed by atoms with E-state index in [-0.39, 0.29) is 24.1 Å². The smallest absolute Gasteiger partial charge is 0.387 e. The number of carbonyl (C=O) groups excluding carboxylic acids is 2. The Morgan fingerprint density at radius 1 is 1.10 bits per heavy atom. The van der Waals surface area contributed by atoms with E-state index in [0.717, 1.165) is 0 Å². The van der Waals surface area contributed by atoms with Gasteiger partial charge < -0.3 is 19.9 Å². The van der Waals surface area contributed by atoms with Crippen LogP contribution in [0.15, 0.2) is 42.5 Å². The predicted octanol–water partition coefficient (Wildman–Crippen LogP) is 3.66. The quantitative estimate of drug-likeness (QED) is 0.724. The number of alkyl halides is 2. The van der Waals surface area contributed by atoms with Crippen molar-refractivity contribution >= 4 is 17.5 Å². The summed E-state index contributed by atoms with van der Waals surface area (Å²) in [4.78, 5) is 27.2. The molecule has 6 nitrogen and oxygen atoms in total. The van der Waals surface area contributed by atoms with Crippen LogP contribution in [0.5, 0.6) is 5.75 Å². The molecule has 2 amide bonds. The van der Waals surface area contributed by atoms with E-state index < -0.39 is 12.4 Å². The number of nitrogens with zero attached hydrogens (tertiary/aromatic N) is 2. The second-order valence-corrected chi connectivity index (χ2v) is 6.84. The molecule has 3 rings (SSSR count). The number of ether oxygens (including phenoxy) is 1. The van der Waals surface area contributed by atoms with Gasteiger partial charge in [0.25, 0.3) is 0 Å². The highest BCUT2D eigenvalue weighted by Gasteiger charge is 2.23. The molecule has 0 bridgehead atoms. The number of nitrogens with one attached hydrogen (secondary N) is 1. The van der Waals surface area contributed by atoms with Crippen LogP contribution < -0.4 is 15.0 Å². The van der Waals surface area contributed by atoms with Gasteiger partial charge in [0.05, 0.1) is 5.69 Å². The van der Waals surface area contributed by atoms with Crippen molar-refractivity contribution in [2.24, 2.45) is 0 Å². The van der Waals surface area contributed by atoms with Crippen molar-refractivity contribution in [1.29, 1.82) is 0 Å². The second-order valence-electron chi connectivity index (χ2n) is 6.84. The average Bonchev–Trinajstić information content (AvgIpc) is 2.72. The lowest BCUT2D eigenvalue weighted by atomic mass is 10.1. The highest BCUT2D eigenvalue weighted by Crippen LogP contribution is 2.23. The van der Waals surface area contributed by atoms with E-state index >= 15 is 0 Å². The molecule has 1 saturated heterocycles. The van der Waals surface area contributed by atoms with Crippen molar-refractivity contribution in [3.63, 3.8) is 0 Å². The number of piperazine rings is 1. The van der Waals surface area contributed by atoms with Gasteiger partial charge in [0.1, 0.15) is 11.6 Å². The topological polar surface area (TPSA) is 61.9 Å². The van der Waals surface area contributed by atoms with Gasteiger partial charge in [0.15, 0.2) is 5.78 Å². The van der Waals surface area contributed by atoms with E-state index in [0.29, 0.717) is 43.0 Å². The average molecular weight is 421 g/mol. The van der Waals surface area contributed by atoms with E-state index in [9.17, 15) is 22.8 Å². The monoisotopic (exact) mass is 421 g/mol. The second kappa shape index (κ2) is 9.51. The van der Waals surface area contributed by atoms with Crippen molar-refractivity contribution in [2.45, 2.75) is 20.1 Å². The first-order chi connectivity index (χ1) is 14.3. The van der Waals surface area contributed by atoms with Gasteiger partial charge in [-0.05, 0) is 31.2 Å². The Balaban J connectivity index is 1.54. The lowest BCUT2D eigenvalue weighted by molar-refractivity contribution is -0.0504. The molecule has 1 fully saturated rings. The zero-order chi connectivity index (χ0) is 21.7. The molecule has 0 aromatic heterocycles. The van der Waals surface area contributed by atoms with Crippen molar-refractivity contribution in [1.82, 2.24) is 10.2 Å². The summed E-state index contributed by atoms with van der Waals surface area (Å²) in [7, 11) is 0. The number of halogens is 3. The number of carbonyl (C=O) groups is 2. The molecule has 0 unspecified atom stereocenters. The van der Waals surface area contributed by atoms with Crippen LogP contribution in [0.4, 0.5) is 23.7 Å². The van der Waals surface area contributed by atoms with Crippen molar-refractivity contribution in [3.8, 4) is 5.75 Å². The molecular formula is C21H22F3N3O3.